The van der Waals surface area contributed by atoms with Crippen LogP contribution in [-0.2, 0) is 10.0 Å². The number of sulfonamides is 1. The lowest BCUT2D eigenvalue weighted by Gasteiger charge is -2.30. The lowest BCUT2D eigenvalue weighted by atomic mass is 10.0. The van der Waals surface area contributed by atoms with E-state index in [1.54, 1.807) is 4.31 Å². The molecule has 3 nitrogen and oxygen atoms in total. The Morgan fingerprint density at radius 2 is 1.74 bits per heavy atom. The summed E-state index contributed by atoms with van der Waals surface area (Å²) in [4.78, 5) is 0.477. The normalized spacial score (nSPS) is 21.6. The molecule has 0 spiro atoms. The van der Waals surface area contributed by atoms with E-state index in [1.165, 1.54) is 0 Å². The number of hydrogen-bond donors (Lipinski definition) is 0. The monoisotopic (exact) mass is 281 g/mol. The third-order valence-electron chi connectivity index (χ3n) is 4.03. The van der Waals surface area contributed by atoms with E-state index in [0.29, 0.717) is 23.9 Å². The highest BCUT2D eigenvalue weighted by atomic mass is 32.2. The lowest BCUT2D eigenvalue weighted by molar-refractivity contribution is 0.281. The summed E-state index contributed by atoms with van der Waals surface area (Å²) in [7, 11) is -3.33. The largest absolute Gasteiger partial charge is 0.243 e. The van der Waals surface area contributed by atoms with E-state index in [9.17, 15) is 8.42 Å². The van der Waals surface area contributed by atoms with Crippen molar-refractivity contribution in [1.82, 2.24) is 4.31 Å². The van der Waals surface area contributed by atoms with Crippen LogP contribution in [0.2, 0.25) is 0 Å². The molecule has 1 aliphatic rings. The fraction of sp³-hybridized carbons (Fsp3) is 0.600. The van der Waals surface area contributed by atoms with Gasteiger partial charge >= 0.3 is 0 Å². The van der Waals surface area contributed by atoms with Crippen LogP contribution in [-0.4, -0.2) is 25.8 Å². The van der Waals surface area contributed by atoms with Gasteiger partial charge in [0, 0.05) is 13.1 Å². The number of nitrogens with zero attached hydrogens (tertiary/aromatic N) is 1. The molecule has 106 valence electrons. The smallest absolute Gasteiger partial charge is 0.207 e. The maximum Gasteiger partial charge on any atom is 0.243 e. The van der Waals surface area contributed by atoms with Crippen LogP contribution in [0.1, 0.15) is 36.5 Å². The molecule has 4 heteroatoms. The second kappa shape index (κ2) is 5.25. The van der Waals surface area contributed by atoms with Gasteiger partial charge in [0.05, 0.1) is 4.90 Å². The maximum atomic E-state index is 12.7. The fourth-order valence-corrected chi connectivity index (χ4v) is 4.61. The van der Waals surface area contributed by atoms with Gasteiger partial charge in [-0.1, -0.05) is 13.0 Å². The van der Waals surface area contributed by atoms with Crippen molar-refractivity contribution in [3.8, 4) is 0 Å². The first-order valence-electron chi connectivity index (χ1n) is 6.90. The quantitative estimate of drug-likeness (QED) is 0.835. The van der Waals surface area contributed by atoms with Crippen LogP contribution < -0.4 is 0 Å². The number of aryl methyl sites for hydroxylation is 3. The molecule has 1 aromatic carbocycles. The first kappa shape index (κ1) is 14.5. The second-order valence-electron chi connectivity index (χ2n) is 5.81. The predicted molar refractivity (Wildman–Crippen MR) is 77.8 cm³/mol. The van der Waals surface area contributed by atoms with Crippen LogP contribution in [0.4, 0.5) is 0 Å². The minimum absolute atomic E-state index is 0.454. The molecular formula is C15H23NO2S. The highest BCUT2D eigenvalue weighted by Gasteiger charge is 2.29. The van der Waals surface area contributed by atoms with Gasteiger partial charge in [0.15, 0.2) is 0 Å². The van der Waals surface area contributed by atoms with Gasteiger partial charge in [-0.15, -0.1) is 0 Å². The number of rotatable bonds is 2. The molecule has 0 N–H and O–H groups in total. The molecule has 0 radical (unpaired) electrons. The summed E-state index contributed by atoms with van der Waals surface area (Å²) in [6.45, 7) is 9.28. The highest BCUT2D eigenvalue weighted by Crippen LogP contribution is 2.27. The van der Waals surface area contributed by atoms with Gasteiger partial charge in [0.2, 0.25) is 10.0 Å². The molecule has 0 aliphatic carbocycles. The minimum Gasteiger partial charge on any atom is -0.207 e. The zero-order valence-electron chi connectivity index (χ0n) is 12.2. The average Bonchev–Trinajstić information content (AvgIpc) is 2.33. The number of benzene rings is 1. The van der Waals surface area contributed by atoms with Crippen molar-refractivity contribution in [2.75, 3.05) is 13.1 Å². The lowest BCUT2D eigenvalue weighted by Crippen LogP contribution is -2.39. The zero-order chi connectivity index (χ0) is 14.2. The molecule has 0 amide bonds. The van der Waals surface area contributed by atoms with Crippen molar-refractivity contribution >= 4 is 10.0 Å². The van der Waals surface area contributed by atoms with Crippen molar-refractivity contribution in [1.29, 1.82) is 0 Å². The van der Waals surface area contributed by atoms with E-state index in [0.717, 1.165) is 29.5 Å². The summed E-state index contributed by atoms with van der Waals surface area (Å²) in [6, 6.07) is 3.79. The van der Waals surface area contributed by atoms with E-state index in [-0.39, 0.29) is 0 Å². The van der Waals surface area contributed by atoms with Crippen molar-refractivity contribution in [2.45, 2.75) is 45.4 Å². The Hall–Kier alpha value is -0.870. The molecule has 0 saturated carbocycles. The first-order chi connectivity index (χ1) is 8.82. The Kier molecular flexibility index (Phi) is 4.02. The predicted octanol–water partition coefficient (Wildman–Crippen LogP) is 3.03. The zero-order valence-corrected chi connectivity index (χ0v) is 13.0. The van der Waals surface area contributed by atoms with Crippen LogP contribution in [0.15, 0.2) is 17.0 Å². The molecular weight excluding hydrogens is 258 g/mol. The van der Waals surface area contributed by atoms with Gasteiger partial charge in [-0.2, -0.15) is 4.31 Å². The molecule has 1 unspecified atom stereocenters. The van der Waals surface area contributed by atoms with E-state index >= 15 is 0 Å². The Morgan fingerprint density at radius 3 is 2.37 bits per heavy atom. The SMILES string of the molecule is Cc1cc(C)c(S(=O)(=O)N2CCCC(C)C2)cc1C. The molecule has 1 heterocycles. The molecule has 0 bridgehead atoms. The third-order valence-corrected chi connectivity index (χ3v) is 6.04. The summed E-state index contributed by atoms with van der Waals surface area (Å²) in [6.07, 6.45) is 2.09. The van der Waals surface area contributed by atoms with Crippen molar-refractivity contribution in [3.63, 3.8) is 0 Å². The first-order valence-corrected chi connectivity index (χ1v) is 8.34. The molecule has 0 aromatic heterocycles. The van der Waals surface area contributed by atoms with E-state index in [1.807, 2.05) is 32.9 Å². The molecule has 1 atom stereocenters. The summed E-state index contributed by atoms with van der Waals surface area (Å²) >= 11 is 0. The topological polar surface area (TPSA) is 37.4 Å². The summed E-state index contributed by atoms with van der Waals surface area (Å²) < 4.78 is 27.1. The number of piperidine rings is 1. The maximum absolute atomic E-state index is 12.7. The molecule has 2 rings (SSSR count). The second-order valence-corrected chi connectivity index (χ2v) is 7.72. The fourth-order valence-electron chi connectivity index (χ4n) is 2.72. The molecule has 1 aliphatic heterocycles. The van der Waals surface area contributed by atoms with Gasteiger partial charge in [-0.25, -0.2) is 8.42 Å². The van der Waals surface area contributed by atoms with Gasteiger partial charge in [-0.3, -0.25) is 0 Å². The summed E-state index contributed by atoms with van der Waals surface area (Å²) in [5.41, 5.74) is 3.03. The Balaban J connectivity index is 2.42. The van der Waals surface area contributed by atoms with Crippen molar-refractivity contribution in [3.05, 3.63) is 28.8 Å². The van der Waals surface area contributed by atoms with Gasteiger partial charge in [-0.05, 0) is 62.3 Å². The average molecular weight is 281 g/mol. The molecule has 19 heavy (non-hydrogen) atoms. The Labute approximate surface area is 116 Å². The van der Waals surface area contributed by atoms with E-state index in [4.69, 9.17) is 0 Å². The van der Waals surface area contributed by atoms with E-state index in [2.05, 4.69) is 6.92 Å². The third kappa shape index (κ3) is 2.84. The molecule has 1 aromatic rings. The van der Waals surface area contributed by atoms with E-state index < -0.39 is 10.0 Å². The van der Waals surface area contributed by atoms with Crippen LogP contribution >= 0.6 is 0 Å². The van der Waals surface area contributed by atoms with Gasteiger partial charge in [0.1, 0.15) is 0 Å². The highest BCUT2D eigenvalue weighted by molar-refractivity contribution is 7.89. The van der Waals surface area contributed by atoms with Crippen molar-refractivity contribution in [2.24, 2.45) is 5.92 Å². The Morgan fingerprint density at radius 1 is 1.11 bits per heavy atom. The van der Waals surface area contributed by atoms with Gasteiger partial charge < -0.3 is 0 Å². The molecule has 1 saturated heterocycles. The molecule has 1 fully saturated rings. The summed E-state index contributed by atoms with van der Waals surface area (Å²) in [5.74, 6) is 0.454. The summed E-state index contributed by atoms with van der Waals surface area (Å²) in [5, 5.41) is 0. The Bertz CT molecular complexity index is 578. The van der Waals surface area contributed by atoms with Crippen LogP contribution in [0, 0.1) is 26.7 Å². The van der Waals surface area contributed by atoms with Crippen molar-refractivity contribution < 1.29 is 8.42 Å². The van der Waals surface area contributed by atoms with Crippen LogP contribution in [0.5, 0.6) is 0 Å². The van der Waals surface area contributed by atoms with Crippen LogP contribution in [0.3, 0.4) is 0 Å². The minimum atomic E-state index is -3.33. The number of hydrogen-bond acceptors (Lipinski definition) is 2. The van der Waals surface area contributed by atoms with Crippen LogP contribution in [0.25, 0.3) is 0 Å². The standard InChI is InChI=1S/C15H23NO2S/c1-11-6-5-7-16(10-11)19(17,18)15-9-13(3)12(2)8-14(15)4/h8-9,11H,5-7,10H2,1-4H3. The van der Waals surface area contributed by atoms with Gasteiger partial charge in [0.25, 0.3) is 0 Å².